The van der Waals surface area contributed by atoms with Crippen molar-refractivity contribution in [1.29, 1.82) is 0 Å². The lowest BCUT2D eigenvalue weighted by Crippen LogP contribution is -2.06. The number of hydrogen-bond acceptors (Lipinski definition) is 2. The molecule has 0 saturated heterocycles. The Morgan fingerprint density at radius 3 is 2.64 bits per heavy atom. The number of hydrogen-bond donors (Lipinski definition) is 1. The molecule has 1 radical (unpaired) electrons. The van der Waals surface area contributed by atoms with E-state index < -0.39 is 6.10 Å². The van der Waals surface area contributed by atoms with Crippen molar-refractivity contribution in [1.82, 2.24) is 0 Å². The average Bonchev–Trinajstić information content (AvgIpc) is 1.99. The highest BCUT2D eigenvalue weighted by Crippen LogP contribution is 2.06. The van der Waals surface area contributed by atoms with E-state index in [0.29, 0.717) is 0 Å². The summed E-state index contributed by atoms with van der Waals surface area (Å²) >= 11 is 3.32. The van der Waals surface area contributed by atoms with Gasteiger partial charge in [-0.2, -0.15) is 0 Å². The highest BCUT2D eigenvalue weighted by atomic mass is 79.9. The number of unbranched alkanes of at least 4 members (excludes halogenated alkanes) is 2. The van der Waals surface area contributed by atoms with E-state index in [0.717, 1.165) is 31.0 Å². The molecule has 0 saturated carbocycles. The van der Waals surface area contributed by atoms with Crippen LogP contribution in [0.15, 0.2) is 0 Å². The van der Waals surface area contributed by atoms with Crippen LogP contribution in [-0.2, 0) is 4.79 Å². The maximum Gasteiger partial charge on any atom is 0.201 e. The Labute approximate surface area is 76.1 Å². The summed E-state index contributed by atoms with van der Waals surface area (Å²) in [5.41, 5.74) is 0. The summed E-state index contributed by atoms with van der Waals surface area (Å²) < 4.78 is 0. The van der Waals surface area contributed by atoms with Crippen LogP contribution in [0, 0.1) is 0 Å². The zero-order chi connectivity index (χ0) is 8.53. The molecule has 3 heteroatoms. The molecule has 0 amide bonds. The van der Waals surface area contributed by atoms with Crippen molar-refractivity contribution in [2.75, 3.05) is 5.33 Å². The van der Waals surface area contributed by atoms with Gasteiger partial charge in [0.25, 0.3) is 0 Å². The van der Waals surface area contributed by atoms with Gasteiger partial charge in [0, 0.05) is 11.8 Å². The Kier molecular flexibility index (Phi) is 8.29. The fourth-order valence-electron chi connectivity index (χ4n) is 0.849. The van der Waals surface area contributed by atoms with E-state index in [2.05, 4.69) is 15.9 Å². The van der Waals surface area contributed by atoms with Crippen LogP contribution in [0.1, 0.15) is 32.1 Å². The molecule has 0 fully saturated rings. The number of rotatable bonds is 7. The van der Waals surface area contributed by atoms with Crippen LogP contribution in [0.5, 0.6) is 0 Å². The summed E-state index contributed by atoms with van der Waals surface area (Å²) in [5.74, 6) is 0. The van der Waals surface area contributed by atoms with Crippen LogP contribution in [0.3, 0.4) is 0 Å². The number of aliphatic hydroxyl groups excluding tert-OH is 1. The second kappa shape index (κ2) is 8.21. The minimum absolute atomic E-state index is 0.161. The third-order valence-electron chi connectivity index (χ3n) is 1.49. The van der Waals surface area contributed by atoms with Crippen LogP contribution < -0.4 is 0 Å². The zero-order valence-electron chi connectivity index (χ0n) is 6.55. The minimum Gasteiger partial charge on any atom is -0.393 e. The van der Waals surface area contributed by atoms with Gasteiger partial charge in [-0.25, -0.2) is 0 Å². The first kappa shape index (κ1) is 11.1. The molecule has 11 heavy (non-hydrogen) atoms. The number of aliphatic hydroxyl groups is 1. The average molecular weight is 222 g/mol. The Hall–Kier alpha value is 0.110. The normalized spacial score (nSPS) is 12.9. The van der Waals surface area contributed by atoms with Crippen molar-refractivity contribution in [2.24, 2.45) is 0 Å². The third-order valence-corrected chi connectivity index (χ3v) is 2.05. The van der Waals surface area contributed by atoms with E-state index in [-0.39, 0.29) is 6.42 Å². The highest BCUT2D eigenvalue weighted by Gasteiger charge is 2.01. The number of alkyl halides is 1. The second-order valence-electron chi connectivity index (χ2n) is 2.54. The molecule has 0 aliphatic rings. The lowest BCUT2D eigenvalue weighted by Gasteiger charge is -2.04. The lowest BCUT2D eigenvalue weighted by atomic mass is 10.1. The van der Waals surface area contributed by atoms with Crippen molar-refractivity contribution < 1.29 is 9.90 Å². The van der Waals surface area contributed by atoms with Gasteiger partial charge < -0.3 is 5.11 Å². The van der Waals surface area contributed by atoms with E-state index in [1.165, 1.54) is 0 Å². The smallest absolute Gasteiger partial charge is 0.201 e. The molecule has 0 aliphatic carbocycles. The molecule has 0 aromatic carbocycles. The van der Waals surface area contributed by atoms with E-state index in [4.69, 9.17) is 5.11 Å². The van der Waals surface area contributed by atoms with E-state index in [1.807, 2.05) is 0 Å². The minimum atomic E-state index is -0.470. The zero-order valence-corrected chi connectivity index (χ0v) is 8.14. The molecule has 0 bridgehead atoms. The molecule has 0 aromatic rings. The Bertz CT molecular complexity index is 96.1. The SMILES string of the molecule is O=[C]CC(O)CCCCCBr. The molecular weight excluding hydrogens is 208 g/mol. The van der Waals surface area contributed by atoms with Crippen LogP contribution in [0.25, 0.3) is 0 Å². The first-order chi connectivity index (χ1) is 5.31. The summed E-state index contributed by atoms with van der Waals surface area (Å²) in [6, 6.07) is 0. The molecule has 0 aliphatic heterocycles. The predicted octanol–water partition coefficient (Wildman–Crippen LogP) is 1.80. The second-order valence-corrected chi connectivity index (χ2v) is 3.33. The summed E-state index contributed by atoms with van der Waals surface area (Å²) in [5, 5.41) is 10.1. The molecular formula is C8H14BrO2. The van der Waals surface area contributed by atoms with Crippen LogP contribution in [-0.4, -0.2) is 22.8 Å². The van der Waals surface area contributed by atoms with Crippen LogP contribution >= 0.6 is 15.9 Å². The van der Waals surface area contributed by atoms with Gasteiger partial charge in [-0.05, 0) is 12.8 Å². The van der Waals surface area contributed by atoms with E-state index in [9.17, 15) is 4.79 Å². The number of carbonyl (C=O) groups excluding carboxylic acids is 1. The van der Waals surface area contributed by atoms with Gasteiger partial charge in [-0.3, -0.25) is 4.79 Å². The van der Waals surface area contributed by atoms with Crippen LogP contribution in [0.2, 0.25) is 0 Å². The number of halogens is 1. The highest BCUT2D eigenvalue weighted by molar-refractivity contribution is 9.09. The van der Waals surface area contributed by atoms with E-state index >= 15 is 0 Å². The Morgan fingerprint density at radius 1 is 1.36 bits per heavy atom. The molecule has 0 aromatic heterocycles. The van der Waals surface area contributed by atoms with Crippen molar-refractivity contribution in [3.63, 3.8) is 0 Å². The van der Waals surface area contributed by atoms with Crippen molar-refractivity contribution in [3.05, 3.63) is 0 Å². The molecule has 0 spiro atoms. The first-order valence-corrected chi connectivity index (χ1v) is 5.02. The van der Waals surface area contributed by atoms with Crippen molar-refractivity contribution >= 4 is 22.2 Å². The summed E-state index contributed by atoms with van der Waals surface area (Å²) in [4.78, 5) is 9.81. The topological polar surface area (TPSA) is 37.3 Å². The van der Waals surface area contributed by atoms with Gasteiger partial charge in [-0.1, -0.05) is 28.8 Å². The van der Waals surface area contributed by atoms with Gasteiger partial charge >= 0.3 is 0 Å². The molecule has 1 N–H and O–H groups in total. The van der Waals surface area contributed by atoms with Gasteiger partial charge in [0.1, 0.15) is 0 Å². The van der Waals surface area contributed by atoms with Crippen molar-refractivity contribution in [3.8, 4) is 0 Å². The van der Waals surface area contributed by atoms with Crippen LogP contribution in [0.4, 0.5) is 0 Å². The summed E-state index contributed by atoms with van der Waals surface area (Å²) in [6.07, 6.45) is 5.36. The third kappa shape index (κ3) is 8.01. The monoisotopic (exact) mass is 221 g/mol. The molecule has 1 unspecified atom stereocenters. The fraction of sp³-hybridized carbons (Fsp3) is 0.875. The quantitative estimate of drug-likeness (QED) is 0.526. The first-order valence-electron chi connectivity index (χ1n) is 3.90. The maximum absolute atomic E-state index is 9.81. The van der Waals surface area contributed by atoms with Gasteiger partial charge in [0.15, 0.2) is 0 Å². The standard InChI is InChI=1S/C8H14BrO2/c9-6-3-1-2-4-8(11)5-7-10/h8,11H,1-6H2. The van der Waals surface area contributed by atoms with Gasteiger partial charge in [0.05, 0.1) is 6.10 Å². The summed E-state index contributed by atoms with van der Waals surface area (Å²) in [7, 11) is 0. The molecule has 1 atom stereocenters. The van der Waals surface area contributed by atoms with E-state index in [1.54, 1.807) is 6.29 Å². The van der Waals surface area contributed by atoms with Gasteiger partial charge in [-0.15, -0.1) is 0 Å². The van der Waals surface area contributed by atoms with Crippen molar-refractivity contribution in [2.45, 2.75) is 38.2 Å². The molecule has 0 heterocycles. The maximum atomic E-state index is 9.81. The molecule has 0 rings (SSSR count). The predicted molar refractivity (Wildman–Crippen MR) is 48.6 cm³/mol. The lowest BCUT2D eigenvalue weighted by molar-refractivity contribution is 0.167. The van der Waals surface area contributed by atoms with Gasteiger partial charge in [0.2, 0.25) is 6.29 Å². The molecule has 65 valence electrons. The summed E-state index contributed by atoms with van der Waals surface area (Å²) in [6.45, 7) is 0. The Balaban J connectivity index is 3.03. The Morgan fingerprint density at radius 2 is 2.09 bits per heavy atom. The fourth-order valence-corrected chi connectivity index (χ4v) is 1.25. The largest absolute Gasteiger partial charge is 0.393 e. The molecule has 2 nitrogen and oxygen atoms in total.